The van der Waals surface area contributed by atoms with Crippen LogP contribution >= 0.6 is 0 Å². The number of ether oxygens (including phenoxy) is 1. The van der Waals surface area contributed by atoms with Gasteiger partial charge in [0.25, 0.3) is 0 Å². The molecule has 0 atom stereocenters. The molecule has 0 aromatic heterocycles. The summed E-state index contributed by atoms with van der Waals surface area (Å²) in [6, 6.07) is 6.25. The average Bonchev–Trinajstić information content (AvgIpc) is 2.60. The number of nitrogens with zero attached hydrogens (tertiary/aromatic N) is 3. The van der Waals surface area contributed by atoms with Crippen LogP contribution in [0.4, 0.5) is 4.39 Å². The van der Waals surface area contributed by atoms with Crippen LogP contribution in [0.1, 0.15) is 12.5 Å². The number of carbonyl (C=O) groups is 2. The fraction of sp³-hybridized carbons (Fsp3) is 0.556. The summed E-state index contributed by atoms with van der Waals surface area (Å²) in [6.07, 6.45) is 0. The van der Waals surface area contributed by atoms with Crippen molar-refractivity contribution >= 4 is 11.8 Å². The molecule has 1 aliphatic rings. The summed E-state index contributed by atoms with van der Waals surface area (Å²) in [5, 5.41) is 0. The van der Waals surface area contributed by atoms with Gasteiger partial charge in [0.2, 0.25) is 11.8 Å². The minimum absolute atomic E-state index is 0.00628. The number of hydrogen-bond donors (Lipinski definition) is 0. The Bertz CT molecular complexity index is 591. The lowest BCUT2D eigenvalue weighted by atomic mass is 10.2. The molecule has 25 heavy (non-hydrogen) atoms. The molecule has 0 unspecified atom stereocenters. The quantitative estimate of drug-likeness (QED) is 0.734. The van der Waals surface area contributed by atoms with E-state index in [0.717, 1.165) is 5.56 Å². The number of amides is 2. The Balaban J connectivity index is 1.84. The zero-order chi connectivity index (χ0) is 18.2. The third-order valence-corrected chi connectivity index (χ3v) is 4.17. The molecular formula is C18H26FN3O3. The number of halogens is 1. The van der Waals surface area contributed by atoms with Gasteiger partial charge < -0.3 is 14.5 Å². The molecule has 0 N–H and O–H groups in total. The zero-order valence-electron chi connectivity index (χ0n) is 14.9. The number of benzene rings is 1. The van der Waals surface area contributed by atoms with Crippen LogP contribution in [-0.2, 0) is 20.9 Å². The van der Waals surface area contributed by atoms with Crippen LogP contribution in [0.15, 0.2) is 24.3 Å². The maximum Gasteiger partial charge on any atom is 0.237 e. The van der Waals surface area contributed by atoms with Gasteiger partial charge in [0.15, 0.2) is 0 Å². The first kappa shape index (κ1) is 19.3. The molecule has 0 spiro atoms. The summed E-state index contributed by atoms with van der Waals surface area (Å²) in [5.41, 5.74) is 0.752. The van der Waals surface area contributed by atoms with Gasteiger partial charge in [-0.2, -0.15) is 0 Å². The van der Waals surface area contributed by atoms with Crippen LogP contribution in [-0.4, -0.2) is 79.5 Å². The molecule has 1 saturated heterocycles. The first-order valence-corrected chi connectivity index (χ1v) is 8.56. The molecule has 2 rings (SSSR count). The summed E-state index contributed by atoms with van der Waals surface area (Å²) in [6.45, 7) is 5.44. The van der Waals surface area contributed by atoms with Gasteiger partial charge in [-0.25, -0.2) is 4.39 Å². The van der Waals surface area contributed by atoms with E-state index in [9.17, 15) is 14.0 Å². The van der Waals surface area contributed by atoms with Gasteiger partial charge in [0, 0.05) is 26.2 Å². The fourth-order valence-electron chi connectivity index (χ4n) is 2.76. The highest BCUT2D eigenvalue weighted by Crippen LogP contribution is 2.08. The van der Waals surface area contributed by atoms with Crippen molar-refractivity contribution in [1.82, 2.24) is 14.7 Å². The van der Waals surface area contributed by atoms with Crippen LogP contribution < -0.4 is 0 Å². The summed E-state index contributed by atoms with van der Waals surface area (Å²) in [5.74, 6) is -0.384. The smallest absolute Gasteiger partial charge is 0.237 e. The number of morpholine rings is 1. The Morgan fingerprint density at radius 1 is 1.24 bits per heavy atom. The highest BCUT2D eigenvalue weighted by Gasteiger charge is 2.20. The van der Waals surface area contributed by atoms with Crippen molar-refractivity contribution in [2.24, 2.45) is 0 Å². The molecule has 2 amide bonds. The van der Waals surface area contributed by atoms with E-state index in [1.165, 1.54) is 12.1 Å². The van der Waals surface area contributed by atoms with E-state index in [2.05, 4.69) is 0 Å². The third kappa shape index (κ3) is 6.10. The molecule has 1 aromatic carbocycles. The Morgan fingerprint density at radius 3 is 2.60 bits per heavy atom. The second-order valence-corrected chi connectivity index (χ2v) is 6.20. The van der Waals surface area contributed by atoms with E-state index >= 15 is 0 Å². The molecule has 0 bridgehead atoms. The Hall–Kier alpha value is -1.99. The maximum atomic E-state index is 13.3. The first-order chi connectivity index (χ1) is 12.0. The topological polar surface area (TPSA) is 53.1 Å². The SMILES string of the molecule is CCN(Cc1cccc(F)c1)C(=O)CN(C)CC(=O)N1CCOCC1. The van der Waals surface area contributed by atoms with Crippen LogP contribution in [0.5, 0.6) is 0 Å². The van der Waals surface area contributed by atoms with Crippen molar-refractivity contribution in [3.63, 3.8) is 0 Å². The van der Waals surface area contributed by atoms with Gasteiger partial charge in [-0.3, -0.25) is 14.5 Å². The van der Waals surface area contributed by atoms with Crippen LogP contribution in [0.2, 0.25) is 0 Å². The standard InChI is InChI=1S/C18H26FN3O3/c1-3-21(12-15-5-4-6-16(19)11-15)17(23)13-20(2)14-18(24)22-7-9-25-10-8-22/h4-6,11H,3,7-10,12-14H2,1-2H3. The van der Waals surface area contributed by atoms with E-state index < -0.39 is 0 Å². The zero-order valence-corrected chi connectivity index (χ0v) is 14.9. The fourth-order valence-corrected chi connectivity index (χ4v) is 2.76. The van der Waals surface area contributed by atoms with Crippen LogP contribution in [0.3, 0.4) is 0 Å². The summed E-state index contributed by atoms with van der Waals surface area (Å²) in [4.78, 5) is 29.8. The van der Waals surface area contributed by atoms with Crippen LogP contribution in [0.25, 0.3) is 0 Å². The lowest BCUT2D eigenvalue weighted by molar-refractivity contribution is -0.137. The lowest BCUT2D eigenvalue weighted by Gasteiger charge is -2.29. The van der Waals surface area contributed by atoms with E-state index in [-0.39, 0.29) is 30.7 Å². The molecule has 1 aromatic rings. The molecule has 6 nitrogen and oxygen atoms in total. The average molecular weight is 351 g/mol. The van der Waals surface area contributed by atoms with E-state index in [1.807, 2.05) is 6.92 Å². The van der Waals surface area contributed by atoms with Crippen molar-refractivity contribution < 1.29 is 18.7 Å². The Kier molecular flexibility index (Phi) is 7.33. The molecule has 0 saturated carbocycles. The van der Waals surface area contributed by atoms with Gasteiger partial charge in [0.1, 0.15) is 5.82 Å². The molecule has 138 valence electrons. The van der Waals surface area contributed by atoms with Gasteiger partial charge in [-0.15, -0.1) is 0 Å². The summed E-state index contributed by atoms with van der Waals surface area (Å²) >= 11 is 0. The number of hydrogen-bond acceptors (Lipinski definition) is 4. The van der Waals surface area contributed by atoms with Crippen molar-refractivity contribution in [2.45, 2.75) is 13.5 Å². The second-order valence-electron chi connectivity index (χ2n) is 6.20. The first-order valence-electron chi connectivity index (χ1n) is 8.56. The van der Waals surface area contributed by atoms with Crippen molar-refractivity contribution in [1.29, 1.82) is 0 Å². The van der Waals surface area contributed by atoms with Crippen molar-refractivity contribution in [3.05, 3.63) is 35.6 Å². The second kappa shape index (κ2) is 9.48. The minimum Gasteiger partial charge on any atom is -0.378 e. The molecular weight excluding hydrogens is 325 g/mol. The number of likely N-dealkylation sites (N-methyl/N-ethyl adjacent to an activating group) is 2. The van der Waals surface area contributed by atoms with E-state index in [0.29, 0.717) is 39.4 Å². The summed E-state index contributed by atoms with van der Waals surface area (Å²) in [7, 11) is 1.76. The van der Waals surface area contributed by atoms with E-state index in [4.69, 9.17) is 4.74 Å². The van der Waals surface area contributed by atoms with Crippen LogP contribution in [0, 0.1) is 5.82 Å². The number of rotatable bonds is 7. The normalized spacial score (nSPS) is 14.6. The molecule has 1 aliphatic heterocycles. The molecule has 0 radical (unpaired) electrons. The lowest BCUT2D eigenvalue weighted by Crippen LogP contribution is -2.47. The number of carbonyl (C=O) groups excluding carboxylic acids is 2. The molecule has 0 aliphatic carbocycles. The molecule has 1 fully saturated rings. The predicted octanol–water partition coefficient (Wildman–Crippen LogP) is 0.965. The summed E-state index contributed by atoms with van der Waals surface area (Å²) < 4.78 is 18.5. The molecule has 7 heteroatoms. The third-order valence-electron chi connectivity index (χ3n) is 4.17. The predicted molar refractivity (Wildman–Crippen MR) is 92.4 cm³/mol. The highest BCUT2D eigenvalue weighted by atomic mass is 19.1. The van der Waals surface area contributed by atoms with Gasteiger partial charge in [-0.05, 0) is 31.7 Å². The minimum atomic E-state index is -0.311. The van der Waals surface area contributed by atoms with E-state index in [1.54, 1.807) is 33.9 Å². The maximum absolute atomic E-state index is 13.3. The van der Waals surface area contributed by atoms with Crippen molar-refractivity contribution in [3.8, 4) is 0 Å². The Labute approximate surface area is 148 Å². The monoisotopic (exact) mass is 351 g/mol. The van der Waals surface area contributed by atoms with Gasteiger partial charge >= 0.3 is 0 Å². The Morgan fingerprint density at radius 2 is 1.96 bits per heavy atom. The van der Waals surface area contributed by atoms with Gasteiger partial charge in [-0.1, -0.05) is 12.1 Å². The highest BCUT2D eigenvalue weighted by molar-refractivity contribution is 5.81. The van der Waals surface area contributed by atoms with Crippen molar-refractivity contribution in [2.75, 3.05) is 53.0 Å². The molecule has 1 heterocycles. The van der Waals surface area contributed by atoms with Gasteiger partial charge in [0.05, 0.1) is 26.3 Å². The largest absolute Gasteiger partial charge is 0.378 e.